The van der Waals surface area contributed by atoms with Gasteiger partial charge in [-0.2, -0.15) is 13.2 Å². The molecule has 0 N–H and O–H groups in total. The van der Waals surface area contributed by atoms with Gasteiger partial charge in [-0.05, 0) is 47.5 Å². The maximum absolute atomic E-state index is 12.6. The van der Waals surface area contributed by atoms with Gasteiger partial charge in [0, 0.05) is 38.4 Å². The van der Waals surface area contributed by atoms with Gasteiger partial charge in [-0.3, -0.25) is 4.90 Å². The van der Waals surface area contributed by atoms with Crippen molar-refractivity contribution in [2.24, 2.45) is 0 Å². The van der Waals surface area contributed by atoms with E-state index in [0.717, 1.165) is 44.9 Å². The molecule has 3 nitrogen and oxygen atoms in total. The molecule has 0 saturated carbocycles. The quantitative estimate of drug-likeness (QED) is 0.510. The lowest BCUT2D eigenvalue weighted by Crippen LogP contribution is -2.45. The zero-order valence-corrected chi connectivity index (χ0v) is 17.2. The van der Waals surface area contributed by atoms with Crippen LogP contribution in [0.5, 0.6) is 5.75 Å². The largest absolute Gasteiger partial charge is 0.489 e. The van der Waals surface area contributed by atoms with Crippen molar-refractivity contribution in [3.8, 4) is 5.75 Å². The highest BCUT2D eigenvalue weighted by Gasteiger charge is 2.29. The van der Waals surface area contributed by atoms with Gasteiger partial charge in [0.2, 0.25) is 0 Å². The second-order valence-corrected chi connectivity index (χ2v) is 7.73. The highest BCUT2D eigenvalue weighted by atomic mass is 19.4. The first kappa shape index (κ1) is 21.2. The standard InChI is InChI=1S/C25H25F3N2O/c26-25(27,28)22-10-6-21(7-11-22)19-31-24-12-8-20(9-13-24)18-29-14-16-30(17-15-29)23-4-2-1-3-5-23/h1-13H,14-19H2. The number of para-hydroxylation sites is 1. The number of anilines is 1. The Balaban J connectivity index is 1.24. The molecule has 3 aromatic rings. The summed E-state index contributed by atoms with van der Waals surface area (Å²) in [5, 5.41) is 0. The van der Waals surface area contributed by atoms with Gasteiger partial charge >= 0.3 is 6.18 Å². The molecular weight excluding hydrogens is 401 g/mol. The molecule has 4 rings (SSSR count). The normalized spacial score (nSPS) is 15.1. The van der Waals surface area contributed by atoms with Gasteiger partial charge in [0.1, 0.15) is 12.4 Å². The zero-order valence-electron chi connectivity index (χ0n) is 17.2. The Morgan fingerprint density at radius 3 is 1.94 bits per heavy atom. The SMILES string of the molecule is FC(F)(F)c1ccc(COc2ccc(CN3CCN(c4ccccc4)CC3)cc2)cc1. The van der Waals surface area contributed by atoms with Crippen LogP contribution in [-0.4, -0.2) is 31.1 Å². The van der Waals surface area contributed by atoms with Crippen LogP contribution < -0.4 is 9.64 Å². The summed E-state index contributed by atoms with van der Waals surface area (Å²) < 4.78 is 43.6. The number of piperazine rings is 1. The van der Waals surface area contributed by atoms with Crippen molar-refractivity contribution in [2.75, 3.05) is 31.1 Å². The second-order valence-electron chi connectivity index (χ2n) is 7.73. The van der Waals surface area contributed by atoms with Crippen molar-refractivity contribution in [1.29, 1.82) is 0 Å². The van der Waals surface area contributed by atoms with Gasteiger partial charge in [-0.1, -0.05) is 42.5 Å². The number of hydrogen-bond acceptors (Lipinski definition) is 3. The Labute approximate surface area is 180 Å². The van der Waals surface area contributed by atoms with E-state index in [2.05, 4.69) is 34.1 Å². The van der Waals surface area contributed by atoms with Crippen molar-refractivity contribution >= 4 is 5.69 Å². The summed E-state index contributed by atoms with van der Waals surface area (Å²) in [6.07, 6.45) is -4.32. The van der Waals surface area contributed by atoms with Crippen LogP contribution in [0.1, 0.15) is 16.7 Å². The molecule has 162 valence electrons. The molecule has 31 heavy (non-hydrogen) atoms. The van der Waals surface area contributed by atoms with Crippen LogP contribution in [0.2, 0.25) is 0 Å². The number of benzene rings is 3. The minimum absolute atomic E-state index is 0.235. The minimum Gasteiger partial charge on any atom is -0.489 e. The maximum Gasteiger partial charge on any atom is 0.416 e. The highest BCUT2D eigenvalue weighted by Crippen LogP contribution is 2.29. The fraction of sp³-hybridized carbons (Fsp3) is 0.280. The predicted octanol–water partition coefficient (Wildman–Crippen LogP) is 5.61. The van der Waals surface area contributed by atoms with Crippen molar-refractivity contribution in [1.82, 2.24) is 4.90 Å². The Morgan fingerprint density at radius 2 is 1.32 bits per heavy atom. The van der Waals surface area contributed by atoms with E-state index in [0.29, 0.717) is 11.3 Å². The Morgan fingerprint density at radius 1 is 0.710 bits per heavy atom. The molecule has 1 fully saturated rings. The van der Waals surface area contributed by atoms with Gasteiger partial charge in [-0.25, -0.2) is 0 Å². The number of ether oxygens (including phenoxy) is 1. The average Bonchev–Trinajstić information content (AvgIpc) is 2.79. The molecular formula is C25H25F3N2O. The summed E-state index contributed by atoms with van der Waals surface area (Å²) in [5.74, 6) is 0.706. The Kier molecular flexibility index (Phi) is 6.47. The first-order chi connectivity index (χ1) is 15.0. The van der Waals surface area contributed by atoms with Crippen LogP contribution in [0.15, 0.2) is 78.9 Å². The molecule has 3 aromatic carbocycles. The lowest BCUT2D eigenvalue weighted by molar-refractivity contribution is -0.137. The summed E-state index contributed by atoms with van der Waals surface area (Å²) in [4.78, 5) is 4.85. The number of alkyl halides is 3. The third-order valence-electron chi connectivity index (χ3n) is 5.51. The number of hydrogen-bond donors (Lipinski definition) is 0. The van der Waals surface area contributed by atoms with E-state index in [1.54, 1.807) is 0 Å². The van der Waals surface area contributed by atoms with Crippen LogP contribution >= 0.6 is 0 Å². The summed E-state index contributed by atoms with van der Waals surface area (Å²) in [7, 11) is 0. The second kappa shape index (κ2) is 9.43. The van der Waals surface area contributed by atoms with E-state index >= 15 is 0 Å². The lowest BCUT2D eigenvalue weighted by atomic mass is 10.1. The van der Waals surface area contributed by atoms with Crippen LogP contribution in [0.3, 0.4) is 0 Å². The molecule has 0 bridgehead atoms. The number of nitrogens with zero attached hydrogens (tertiary/aromatic N) is 2. The maximum atomic E-state index is 12.6. The summed E-state index contributed by atoms with van der Waals surface area (Å²) >= 11 is 0. The fourth-order valence-electron chi connectivity index (χ4n) is 3.71. The summed E-state index contributed by atoms with van der Waals surface area (Å²) in [6, 6.07) is 23.5. The van der Waals surface area contributed by atoms with Gasteiger partial charge in [0.05, 0.1) is 5.56 Å². The molecule has 0 aliphatic carbocycles. The smallest absolute Gasteiger partial charge is 0.416 e. The number of rotatable bonds is 6. The van der Waals surface area contributed by atoms with Crippen LogP contribution in [0.4, 0.5) is 18.9 Å². The molecule has 1 heterocycles. The first-order valence-electron chi connectivity index (χ1n) is 10.4. The molecule has 0 aromatic heterocycles. The topological polar surface area (TPSA) is 15.7 Å². The molecule has 1 saturated heterocycles. The van der Waals surface area contributed by atoms with E-state index in [1.807, 2.05) is 30.3 Å². The summed E-state index contributed by atoms with van der Waals surface area (Å²) in [6.45, 7) is 5.18. The molecule has 0 spiro atoms. The fourth-order valence-corrected chi connectivity index (χ4v) is 3.71. The first-order valence-corrected chi connectivity index (χ1v) is 10.4. The highest BCUT2D eigenvalue weighted by molar-refractivity contribution is 5.46. The van der Waals surface area contributed by atoms with E-state index in [1.165, 1.54) is 23.4 Å². The van der Waals surface area contributed by atoms with Gasteiger partial charge < -0.3 is 9.64 Å². The zero-order chi connectivity index (χ0) is 21.7. The molecule has 6 heteroatoms. The van der Waals surface area contributed by atoms with Crippen molar-refractivity contribution in [3.63, 3.8) is 0 Å². The van der Waals surface area contributed by atoms with Crippen LogP contribution in [0, 0.1) is 0 Å². The van der Waals surface area contributed by atoms with E-state index in [4.69, 9.17) is 4.74 Å². The third kappa shape index (κ3) is 5.79. The monoisotopic (exact) mass is 426 g/mol. The lowest BCUT2D eigenvalue weighted by Gasteiger charge is -2.36. The number of halogens is 3. The van der Waals surface area contributed by atoms with Crippen molar-refractivity contribution in [2.45, 2.75) is 19.3 Å². The summed E-state index contributed by atoms with van der Waals surface area (Å²) in [5.41, 5.74) is 2.55. The molecule has 0 amide bonds. The van der Waals surface area contributed by atoms with E-state index in [-0.39, 0.29) is 6.61 Å². The Bertz CT molecular complexity index is 949. The molecule has 1 aliphatic heterocycles. The molecule has 0 radical (unpaired) electrons. The van der Waals surface area contributed by atoms with Gasteiger partial charge in [-0.15, -0.1) is 0 Å². The third-order valence-corrected chi connectivity index (χ3v) is 5.51. The molecule has 0 unspecified atom stereocenters. The van der Waals surface area contributed by atoms with Crippen molar-refractivity contribution in [3.05, 3.63) is 95.6 Å². The van der Waals surface area contributed by atoms with Gasteiger partial charge in [0.15, 0.2) is 0 Å². The minimum atomic E-state index is -4.32. The average molecular weight is 426 g/mol. The van der Waals surface area contributed by atoms with E-state index in [9.17, 15) is 13.2 Å². The van der Waals surface area contributed by atoms with Crippen LogP contribution in [0.25, 0.3) is 0 Å². The van der Waals surface area contributed by atoms with Gasteiger partial charge in [0.25, 0.3) is 0 Å². The Hall–Kier alpha value is -2.99. The predicted molar refractivity (Wildman–Crippen MR) is 116 cm³/mol. The molecule has 0 atom stereocenters. The molecule has 1 aliphatic rings. The van der Waals surface area contributed by atoms with E-state index < -0.39 is 11.7 Å². The van der Waals surface area contributed by atoms with Crippen LogP contribution in [-0.2, 0) is 19.3 Å². The van der Waals surface area contributed by atoms with Crippen molar-refractivity contribution < 1.29 is 17.9 Å².